The Hall–Kier alpha value is -2.54. The van der Waals surface area contributed by atoms with Crippen molar-refractivity contribution in [3.8, 4) is 0 Å². The fraction of sp³-hybridized carbons (Fsp3) is 0.217. The minimum atomic E-state index is 0.297. The van der Waals surface area contributed by atoms with E-state index in [0.717, 1.165) is 12.1 Å². The summed E-state index contributed by atoms with van der Waals surface area (Å²) in [6.07, 6.45) is 1.08. The first-order valence-electron chi connectivity index (χ1n) is 8.68. The van der Waals surface area contributed by atoms with E-state index < -0.39 is 0 Å². The number of para-hydroxylation sites is 1. The molecule has 0 spiro atoms. The molecule has 0 radical (unpaired) electrons. The van der Waals surface area contributed by atoms with Gasteiger partial charge in [-0.2, -0.15) is 0 Å². The minimum absolute atomic E-state index is 0.297. The van der Waals surface area contributed by atoms with Gasteiger partial charge in [-0.3, -0.25) is 0 Å². The van der Waals surface area contributed by atoms with E-state index in [2.05, 4.69) is 98.0 Å². The number of rotatable bonds is 6. The van der Waals surface area contributed by atoms with Crippen LogP contribution in [-0.4, -0.2) is 0 Å². The SMILES string of the molecule is CC(Cc1ccccc1)c1ccc(C(C)Nc2ccccc2)cc1. The van der Waals surface area contributed by atoms with Crippen LogP contribution >= 0.6 is 0 Å². The van der Waals surface area contributed by atoms with Crippen molar-refractivity contribution < 1.29 is 0 Å². The first-order chi connectivity index (χ1) is 11.7. The fourth-order valence-electron chi connectivity index (χ4n) is 3.07. The molecule has 1 N–H and O–H groups in total. The van der Waals surface area contributed by atoms with E-state index in [1.54, 1.807) is 0 Å². The van der Waals surface area contributed by atoms with Crippen LogP contribution in [0.3, 0.4) is 0 Å². The van der Waals surface area contributed by atoms with Crippen molar-refractivity contribution in [3.63, 3.8) is 0 Å². The van der Waals surface area contributed by atoms with Gasteiger partial charge in [-0.15, -0.1) is 0 Å². The maximum atomic E-state index is 3.55. The Labute approximate surface area is 145 Å². The van der Waals surface area contributed by atoms with Crippen LogP contribution in [0, 0.1) is 0 Å². The third-order valence-corrected chi connectivity index (χ3v) is 4.55. The summed E-state index contributed by atoms with van der Waals surface area (Å²) in [6.45, 7) is 4.50. The Bertz CT molecular complexity index is 666. The van der Waals surface area contributed by atoms with Crippen LogP contribution in [0.1, 0.15) is 42.5 Å². The molecule has 0 amide bonds. The van der Waals surface area contributed by atoms with Gasteiger partial charge in [-0.05, 0) is 48.1 Å². The number of nitrogens with one attached hydrogen (secondary N) is 1. The van der Waals surface area contributed by atoms with Gasteiger partial charge in [0.15, 0.2) is 0 Å². The lowest BCUT2D eigenvalue weighted by molar-refractivity contribution is 0.757. The molecule has 2 atom stereocenters. The lowest BCUT2D eigenvalue weighted by Crippen LogP contribution is -2.07. The van der Waals surface area contributed by atoms with Crippen LogP contribution in [0.25, 0.3) is 0 Å². The molecule has 122 valence electrons. The summed E-state index contributed by atoms with van der Waals surface area (Å²) in [5.74, 6) is 0.527. The molecule has 3 rings (SSSR count). The van der Waals surface area contributed by atoms with E-state index in [4.69, 9.17) is 0 Å². The molecule has 0 bridgehead atoms. The summed E-state index contributed by atoms with van der Waals surface area (Å²) in [6, 6.07) is 30.4. The van der Waals surface area contributed by atoms with Crippen molar-refractivity contribution in [2.75, 3.05) is 5.32 Å². The lowest BCUT2D eigenvalue weighted by atomic mass is 9.92. The van der Waals surface area contributed by atoms with Crippen LogP contribution < -0.4 is 5.32 Å². The molecule has 3 aromatic rings. The summed E-state index contributed by atoms with van der Waals surface area (Å²) >= 11 is 0. The maximum Gasteiger partial charge on any atom is 0.0485 e. The molecular weight excluding hydrogens is 290 g/mol. The summed E-state index contributed by atoms with van der Waals surface area (Å²) in [7, 11) is 0. The first kappa shape index (κ1) is 16.3. The predicted octanol–water partition coefficient (Wildman–Crippen LogP) is 6.21. The monoisotopic (exact) mass is 315 g/mol. The van der Waals surface area contributed by atoms with E-state index in [9.17, 15) is 0 Å². The van der Waals surface area contributed by atoms with Gasteiger partial charge in [-0.25, -0.2) is 0 Å². The number of benzene rings is 3. The standard InChI is InChI=1S/C23H25N/c1-18(17-20-9-5-3-6-10-20)21-13-15-22(16-14-21)19(2)24-23-11-7-4-8-12-23/h3-16,18-19,24H,17H2,1-2H3. The molecule has 0 aliphatic rings. The van der Waals surface area contributed by atoms with Gasteiger partial charge in [0.05, 0.1) is 0 Å². The summed E-state index contributed by atoms with van der Waals surface area (Å²) in [5, 5.41) is 3.55. The second kappa shape index (κ2) is 7.83. The number of hydrogen-bond acceptors (Lipinski definition) is 1. The molecule has 3 aromatic carbocycles. The zero-order valence-electron chi connectivity index (χ0n) is 14.4. The van der Waals surface area contributed by atoms with Crippen LogP contribution in [0.15, 0.2) is 84.9 Å². The van der Waals surface area contributed by atoms with Crippen molar-refractivity contribution in [1.82, 2.24) is 0 Å². The average Bonchev–Trinajstić information content (AvgIpc) is 2.63. The van der Waals surface area contributed by atoms with Gasteiger partial charge in [0, 0.05) is 11.7 Å². The molecule has 0 saturated heterocycles. The molecule has 0 fully saturated rings. The van der Waals surface area contributed by atoms with Crippen molar-refractivity contribution in [2.24, 2.45) is 0 Å². The maximum absolute atomic E-state index is 3.55. The molecular formula is C23H25N. The van der Waals surface area contributed by atoms with E-state index >= 15 is 0 Å². The molecule has 1 nitrogen and oxygen atoms in total. The van der Waals surface area contributed by atoms with Crippen LogP contribution in [-0.2, 0) is 6.42 Å². The molecule has 0 aliphatic heterocycles. The highest BCUT2D eigenvalue weighted by molar-refractivity contribution is 5.45. The quantitative estimate of drug-likeness (QED) is 0.570. The van der Waals surface area contributed by atoms with E-state index in [1.807, 2.05) is 6.07 Å². The first-order valence-corrected chi connectivity index (χ1v) is 8.68. The Kier molecular flexibility index (Phi) is 5.32. The molecule has 0 aliphatic carbocycles. The zero-order valence-corrected chi connectivity index (χ0v) is 14.4. The van der Waals surface area contributed by atoms with Crippen LogP contribution in [0.4, 0.5) is 5.69 Å². The Morgan fingerprint density at radius 3 is 1.83 bits per heavy atom. The second-order valence-corrected chi connectivity index (χ2v) is 6.49. The average molecular weight is 315 g/mol. The van der Waals surface area contributed by atoms with Gasteiger partial charge in [0.2, 0.25) is 0 Å². The smallest absolute Gasteiger partial charge is 0.0485 e. The van der Waals surface area contributed by atoms with Crippen LogP contribution in [0.5, 0.6) is 0 Å². The topological polar surface area (TPSA) is 12.0 Å². The predicted molar refractivity (Wildman–Crippen MR) is 103 cm³/mol. The van der Waals surface area contributed by atoms with Gasteiger partial charge < -0.3 is 5.32 Å². The fourth-order valence-corrected chi connectivity index (χ4v) is 3.07. The summed E-state index contributed by atoms with van der Waals surface area (Å²) in [5.41, 5.74) is 5.27. The third-order valence-electron chi connectivity index (χ3n) is 4.55. The molecule has 24 heavy (non-hydrogen) atoms. The number of anilines is 1. The van der Waals surface area contributed by atoms with Crippen molar-refractivity contribution in [2.45, 2.75) is 32.2 Å². The molecule has 0 saturated carbocycles. The third kappa shape index (κ3) is 4.26. The van der Waals surface area contributed by atoms with E-state index in [0.29, 0.717) is 12.0 Å². The Morgan fingerprint density at radius 1 is 0.667 bits per heavy atom. The minimum Gasteiger partial charge on any atom is -0.379 e. The number of hydrogen-bond donors (Lipinski definition) is 1. The van der Waals surface area contributed by atoms with Crippen molar-refractivity contribution in [3.05, 3.63) is 102 Å². The summed E-state index contributed by atoms with van der Waals surface area (Å²) < 4.78 is 0. The van der Waals surface area contributed by atoms with E-state index in [1.165, 1.54) is 16.7 Å². The van der Waals surface area contributed by atoms with Gasteiger partial charge in [0.25, 0.3) is 0 Å². The van der Waals surface area contributed by atoms with E-state index in [-0.39, 0.29) is 0 Å². The zero-order chi connectivity index (χ0) is 16.8. The van der Waals surface area contributed by atoms with Crippen molar-refractivity contribution in [1.29, 1.82) is 0 Å². The molecule has 0 aromatic heterocycles. The lowest BCUT2D eigenvalue weighted by Gasteiger charge is -2.17. The highest BCUT2D eigenvalue weighted by atomic mass is 14.9. The Morgan fingerprint density at radius 2 is 1.21 bits per heavy atom. The highest BCUT2D eigenvalue weighted by Crippen LogP contribution is 2.24. The van der Waals surface area contributed by atoms with Gasteiger partial charge >= 0.3 is 0 Å². The highest BCUT2D eigenvalue weighted by Gasteiger charge is 2.09. The largest absolute Gasteiger partial charge is 0.379 e. The summed E-state index contributed by atoms with van der Waals surface area (Å²) in [4.78, 5) is 0. The normalized spacial score (nSPS) is 13.2. The van der Waals surface area contributed by atoms with Crippen molar-refractivity contribution >= 4 is 5.69 Å². The molecule has 1 heteroatoms. The Balaban J connectivity index is 1.64. The molecule has 2 unspecified atom stereocenters. The molecule has 0 heterocycles. The second-order valence-electron chi connectivity index (χ2n) is 6.49. The van der Waals surface area contributed by atoms with Gasteiger partial charge in [-0.1, -0.05) is 79.7 Å². The van der Waals surface area contributed by atoms with Gasteiger partial charge in [0.1, 0.15) is 0 Å². The van der Waals surface area contributed by atoms with Crippen LogP contribution in [0.2, 0.25) is 0 Å².